The van der Waals surface area contributed by atoms with Gasteiger partial charge in [0.05, 0.1) is 33.7 Å². The summed E-state index contributed by atoms with van der Waals surface area (Å²) < 4.78 is 34.6. The van der Waals surface area contributed by atoms with Crippen molar-refractivity contribution < 1.29 is 13.2 Å². The van der Waals surface area contributed by atoms with Crippen LogP contribution in [0.1, 0.15) is 0 Å². The maximum Gasteiger partial charge on any atom is 0.291 e. The predicted octanol–water partition coefficient (Wildman–Crippen LogP) is 3.92. The third-order valence-corrected chi connectivity index (χ3v) is 6.26. The van der Waals surface area contributed by atoms with Gasteiger partial charge in [0.25, 0.3) is 15.6 Å². The summed E-state index contributed by atoms with van der Waals surface area (Å²) in [6.45, 7) is 0. The molecule has 2 aromatic heterocycles. The summed E-state index contributed by atoms with van der Waals surface area (Å²) in [6, 6.07) is 11.9. The lowest BCUT2D eigenvalue weighted by atomic mass is 10.3. The number of aromatic nitrogens is 4. The average Bonchev–Trinajstić information content (AvgIpc) is 2.78. The van der Waals surface area contributed by atoms with Crippen LogP contribution in [0.3, 0.4) is 0 Å². The number of rotatable bonds is 6. The second-order valence-electron chi connectivity index (χ2n) is 6.30. The number of benzene rings is 2. The number of hydrogen-bond acceptors (Lipinski definition) is 7. The van der Waals surface area contributed by atoms with E-state index in [1.807, 2.05) is 0 Å². The van der Waals surface area contributed by atoms with E-state index in [0.717, 1.165) is 4.68 Å². The highest BCUT2D eigenvalue weighted by Crippen LogP contribution is 2.24. The van der Waals surface area contributed by atoms with Gasteiger partial charge in [-0.3, -0.25) is 14.5 Å². The van der Waals surface area contributed by atoms with E-state index in [1.165, 1.54) is 55.1 Å². The first-order valence-electron chi connectivity index (χ1n) is 8.94. The molecule has 0 aliphatic rings. The molecule has 0 bridgehead atoms. The van der Waals surface area contributed by atoms with Crippen LogP contribution in [0.4, 0.5) is 5.69 Å². The quantitative estimate of drug-likeness (QED) is 0.436. The Bertz CT molecular complexity index is 1430. The maximum atomic E-state index is 12.8. The molecule has 0 aliphatic carbocycles. The summed E-state index contributed by atoms with van der Waals surface area (Å²) in [7, 11) is -3.92. The van der Waals surface area contributed by atoms with Gasteiger partial charge in [-0.2, -0.15) is 9.78 Å². The lowest BCUT2D eigenvalue weighted by Crippen LogP contribution is -2.21. The second-order valence-corrected chi connectivity index (χ2v) is 8.76. The summed E-state index contributed by atoms with van der Waals surface area (Å²) >= 11 is 11.6. The summed E-state index contributed by atoms with van der Waals surface area (Å²) in [5.41, 5.74) is -0.00228. The van der Waals surface area contributed by atoms with E-state index in [0.29, 0.717) is 11.4 Å². The second kappa shape index (κ2) is 8.95. The molecule has 162 valence electrons. The van der Waals surface area contributed by atoms with Crippen molar-refractivity contribution in [3.8, 4) is 17.3 Å². The number of hydrogen-bond donors (Lipinski definition) is 1. The first-order chi connectivity index (χ1) is 15.3. The minimum absolute atomic E-state index is 0.0189. The fraction of sp³-hybridized carbons (Fsp3) is 0. The molecule has 0 fully saturated rings. The van der Waals surface area contributed by atoms with Crippen molar-refractivity contribution in [2.24, 2.45) is 0 Å². The predicted molar refractivity (Wildman–Crippen MR) is 119 cm³/mol. The van der Waals surface area contributed by atoms with Gasteiger partial charge in [-0.05, 0) is 36.4 Å². The first kappa shape index (κ1) is 21.8. The third kappa shape index (κ3) is 4.72. The van der Waals surface area contributed by atoms with E-state index in [9.17, 15) is 13.2 Å². The molecule has 0 unspecified atom stereocenters. The molecule has 12 heteroatoms. The van der Waals surface area contributed by atoms with Crippen LogP contribution >= 0.6 is 23.2 Å². The standard InChI is InChI=1S/C20H13Cl2N5O4S/c21-17-11-25-27(20(28)19(17)22)14-4-6-16(7-5-14)32(29,30)26-13-2-1-3-15(10-13)31-18-12-23-8-9-24-18/h1-12,26H. The Kier molecular flexibility index (Phi) is 6.08. The summed E-state index contributed by atoms with van der Waals surface area (Å²) in [4.78, 5) is 20.1. The Balaban J connectivity index is 1.55. The van der Waals surface area contributed by atoms with Crippen LogP contribution < -0.4 is 15.0 Å². The Morgan fingerprint density at radius 1 is 1.00 bits per heavy atom. The number of sulfonamides is 1. The summed E-state index contributed by atoms with van der Waals surface area (Å²) in [5, 5.41) is 3.76. The molecule has 2 heterocycles. The average molecular weight is 490 g/mol. The molecule has 0 aliphatic heterocycles. The van der Waals surface area contributed by atoms with E-state index in [4.69, 9.17) is 27.9 Å². The molecule has 0 spiro atoms. The number of nitrogens with one attached hydrogen (secondary N) is 1. The van der Waals surface area contributed by atoms with Crippen molar-refractivity contribution in [2.75, 3.05) is 4.72 Å². The largest absolute Gasteiger partial charge is 0.437 e. The molecule has 0 amide bonds. The van der Waals surface area contributed by atoms with E-state index < -0.39 is 15.6 Å². The van der Waals surface area contributed by atoms with Crippen molar-refractivity contribution in [2.45, 2.75) is 4.90 Å². The van der Waals surface area contributed by atoms with Gasteiger partial charge in [0.1, 0.15) is 10.8 Å². The van der Waals surface area contributed by atoms with Crippen molar-refractivity contribution in [1.29, 1.82) is 0 Å². The summed E-state index contributed by atoms with van der Waals surface area (Å²) in [5.74, 6) is 0.653. The zero-order chi connectivity index (χ0) is 22.7. The zero-order valence-electron chi connectivity index (χ0n) is 16.0. The highest BCUT2D eigenvalue weighted by molar-refractivity contribution is 7.92. The van der Waals surface area contributed by atoms with E-state index in [-0.39, 0.29) is 26.5 Å². The number of nitrogens with zero attached hydrogens (tertiary/aromatic N) is 4. The number of halogens is 2. The van der Waals surface area contributed by atoms with Crippen LogP contribution in [-0.2, 0) is 10.0 Å². The van der Waals surface area contributed by atoms with Crippen LogP contribution in [0.5, 0.6) is 11.6 Å². The fourth-order valence-corrected chi connectivity index (χ4v) is 3.96. The molecule has 0 saturated carbocycles. The number of ether oxygens (including phenoxy) is 1. The Hall–Kier alpha value is -3.47. The van der Waals surface area contributed by atoms with Crippen LogP contribution in [0.25, 0.3) is 5.69 Å². The monoisotopic (exact) mass is 489 g/mol. The molecule has 32 heavy (non-hydrogen) atoms. The molecule has 0 atom stereocenters. The van der Waals surface area contributed by atoms with Crippen LogP contribution in [0, 0.1) is 0 Å². The van der Waals surface area contributed by atoms with Gasteiger partial charge in [-0.25, -0.2) is 13.4 Å². The van der Waals surface area contributed by atoms with Crippen molar-refractivity contribution >= 4 is 38.9 Å². The third-order valence-electron chi connectivity index (χ3n) is 4.12. The Labute approximate surface area is 192 Å². The topological polar surface area (TPSA) is 116 Å². The molecule has 4 rings (SSSR count). The molecule has 9 nitrogen and oxygen atoms in total. The van der Waals surface area contributed by atoms with Gasteiger partial charge in [-0.1, -0.05) is 29.3 Å². The molecular formula is C20H13Cl2N5O4S. The summed E-state index contributed by atoms with van der Waals surface area (Å²) in [6.07, 6.45) is 5.66. The lowest BCUT2D eigenvalue weighted by Gasteiger charge is -2.11. The van der Waals surface area contributed by atoms with Crippen LogP contribution in [0.15, 0.2) is 83.0 Å². The van der Waals surface area contributed by atoms with Gasteiger partial charge >= 0.3 is 0 Å². The van der Waals surface area contributed by atoms with Gasteiger partial charge in [0, 0.05) is 18.5 Å². The highest BCUT2D eigenvalue weighted by Gasteiger charge is 2.16. The minimum Gasteiger partial charge on any atom is -0.437 e. The highest BCUT2D eigenvalue weighted by atomic mass is 35.5. The maximum absolute atomic E-state index is 12.8. The van der Waals surface area contributed by atoms with Crippen molar-refractivity contribution in [1.82, 2.24) is 19.7 Å². The van der Waals surface area contributed by atoms with Crippen LogP contribution in [0.2, 0.25) is 10.0 Å². The molecule has 2 aromatic carbocycles. The molecule has 0 saturated heterocycles. The van der Waals surface area contributed by atoms with Gasteiger partial charge in [0.2, 0.25) is 5.88 Å². The zero-order valence-corrected chi connectivity index (χ0v) is 18.3. The van der Waals surface area contributed by atoms with Crippen molar-refractivity contribution in [3.63, 3.8) is 0 Å². The smallest absolute Gasteiger partial charge is 0.291 e. The SMILES string of the molecule is O=c1c(Cl)c(Cl)cnn1-c1ccc(S(=O)(=O)Nc2cccc(Oc3cnccn3)c2)cc1. The van der Waals surface area contributed by atoms with Crippen molar-refractivity contribution in [3.05, 3.63) is 93.7 Å². The molecular weight excluding hydrogens is 477 g/mol. The normalized spacial score (nSPS) is 11.2. The Morgan fingerprint density at radius 3 is 2.50 bits per heavy atom. The minimum atomic E-state index is -3.92. The Morgan fingerprint density at radius 2 is 1.78 bits per heavy atom. The molecule has 4 aromatic rings. The van der Waals surface area contributed by atoms with E-state index in [2.05, 4.69) is 19.8 Å². The van der Waals surface area contributed by atoms with Gasteiger partial charge in [-0.15, -0.1) is 0 Å². The molecule has 0 radical (unpaired) electrons. The first-order valence-corrected chi connectivity index (χ1v) is 11.2. The molecule has 1 N–H and O–H groups in total. The van der Waals surface area contributed by atoms with Gasteiger partial charge in [0.15, 0.2) is 0 Å². The van der Waals surface area contributed by atoms with Gasteiger partial charge < -0.3 is 4.74 Å². The lowest BCUT2D eigenvalue weighted by molar-refractivity contribution is 0.460. The van der Waals surface area contributed by atoms with E-state index >= 15 is 0 Å². The van der Waals surface area contributed by atoms with Crippen LogP contribution in [-0.4, -0.2) is 28.2 Å². The van der Waals surface area contributed by atoms with E-state index in [1.54, 1.807) is 18.2 Å². The number of anilines is 1. The fourth-order valence-electron chi connectivity index (χ4n) is 2.66.